The monoisotopic (exact) mass is 292 g/mol. The first-order valence-corrected chi connectivity index (χ1v) is 8.10. The molecule has 5 nitrogen and oxygen atoms in total. The number of hydrogen-bond acceptors (Lipinski definition) is 5. The summed E-state index contributed by atoms with van der Waals surface area (Å²) in [5, 5.41) is 5.28. The van der Waals surface area contributed by atoms with Crippen LogP contribution in [-0.2, 0) is 6.42 Å². The molecular formula is C14H20N4OS. The fourth-order valence-electron chi connectivity index (χ4n) is 2.26. The van der Waals surface area contributed by atoms with Gasteiger partial charge in [-0.3, -0.25) is 4.79 Å². The highest BCUT2D eigenvalue weighted by Crippen LogP contribution is 2.33. The maximum absolute atomic E-state index is 12.0. The molecule has 0 unspecified atom stereocenters. The number of rotatable bonds is 6. The SMILES string of the molecule is CCCc1cc(=O)n2nc(N(C)CCC3CC3)sc2n1. The maximum Gasteiger partial charge on any atom is 0.275 e. The highest BCUT2D eigenvalue weighted by atomic mass is 32.1. The third-order valence-corrected chi connectivity index (χ3v) is 4.71. The molecule has 1 saturated carbocycles. The average Bonchev–Trinajstić information content (AvgIpc) is 3.14. The second-order valence-corrected chi connectivity index (χ2v) is 6.50. The van der Waals surface area contributed by atoms with Crippen LogP contribution in [0.15, 0.2) is 10.9 Å². The number of fused-ring (bicyclic) bond motifs is 1. The third-order valence-electron chi connectivity index (χ3n) is 3.69. The van der Waals surface area contributed by atoms with Crippen LogP contribution < -0.4 is 10.5 Å². The molecule has 1 aliphatic carbocycles. The number of nitrogens with zero attached hydrogens (tertiary/aromatic N) is 4. The first-order valence-electron chi connectivity index (χ1n) is 7.28. The van der Waals surface area contributed by atoms with Crippen molar-refractivity contribution in [2.75, 3.05) is 18.5 Å². The van der Waals surface area contributed by atoms with E-state index in [1.54, 1.807) is 6.07 Å². The van der Waals surface area contributed by atoms with Crippen LogP contribution in [0.1, 0.15) is 38.3 Å². The predicted molar refractivity (Wildman–Crippen MR) is 81.7 cm³/mol. The molecule has 6 heteroatoms. The van der Waals surface area contributed by atoms with Gasteiger partial charge in [-0.05, 0) is 18.8 Å². The van der Waals surface area contributed by atoms with Gasteiger partial charge in [0.25, 0.3) is 5.56 Å². The van der Waals surface area contributed by atoms with Crippen molar-refractivity contribution in [2.45, 2.75) is 39.0 Å². The summed E-state index contributed by atoms with van der Waals surface area (Å²) in [5.74, 6) is 0.906. The Morgan fingerprint density at radius 1 is 1.50 bits per heavy atom. The van der Waals surface area contributed by atoms with E-state index in [-0.39, 0.29) is 5.56 Å². The van der Waals surface area contributed by atoms with Gasteiger partial charge in [0, 0.05) is 25.4 Å². The van der Waals surface area contributed by atoms with Crippen LogP contribution in [0.4, 0.5) is 5.13 Å². The van der Waals surface area contributed by atoms with Gasteiger partial charge < -0.3 is 4.90 Å². The van der Waals surface area contributed by atoms with Crippen molar-refractivity contribution < 1.29 is 0 Å². The Morgan fingerprint density at radius 3 is 3.00 bits per heavy atom. The van der Waals surface area contributed by atoms with Crippen molar-refractivity contribution in [3.8, 4) is 0 Å². The van der Waals surface area contributed by atoms with Gasteiger partial charge in [-0.15, -0.1) is 5.10 Å². The van der Waals surface area contributed by atoms with Crippen LogP contribution in [0.25, 0.3) is 4.96 Å². The third kappa shape index (κ3) is 2.85. The molecule has 2 aromatic heterocycles. The molecule has 0 N–H and O–H groups in total. The normalized spacial score (nSPS) is 14.9. The largest absolute Gasteiger partial charge is 0.350 e. The number of aromatic nitrogens is 3. The smallest absolute Gasteiger partial charge is 0.275 e. The lowest BCUT2D eigenvalue weighted by molar-refractivity contribution is 0.704. The van der Waals surface area contributed by atoms with E-state index in [1.165, 1.54) is 35.1 Å². The Morgan fingerprint density at radius 2 is 2.30 bits per heavy atom. The minimum atomic E-state index is -0.0726. The highest BCUT2D eigenvalue weighted by Gasteiger charge is 2.22. The summed E-state index contributed by atoms with van der Waals surface area (Å²) in [5.41, 5.74) is 0.796. The zero-order chi connectivity index (χ0) is 14.1. The summed E-state index contributed by atoms with van der Waals surface area (Å²) in [6.45, 7) is 3.09. The van der Waals surface area contributed by atoms with Gasteiger partial charge in [0.1, 0.15) is 0 Å². The van der Waals surface area contributed by atoms with E-state index in [9.17, 15) is 4.79 Å². The number of anilines is 1. The van der Waals surface area contributed by atoms with E-state index in [0.29, 0.717) is 4.96 Å². The van der Waals surface area contributed by atoms with E-state index in [2.05, 4.69) is 21.9 Å². The Hall–Kier alpha value is -1.43. The van der Waals surface area contributed by atoms with E-state index in [0.717, 1.165) is 36.1 Å². The molecule has 108 valence electrons. The van der Waals surface area contributed by atoms with Gasteiger partial charge in [0.05, 0.1) is 0 Å². The van der Waals surface area contributed by atoms with Gasteiger partial charge in [-0.2, -0.15) is 4.52 Å². The predicted octanol–water partition coefficient (Wildman–Crippen LogP) is 2.34. The molecular weight excluding hydrogens is 272 g/mol. The topological polar surface area (TPSA) is 50.5 Å². The van der Waals surface area contributed by atoms with Crippen molar-refractivity contribution in [1.82, 2.24) is 14.6 Å². The molecule has 2 aromatic rings. The van der Waals surface area contributed by atoms with Gasteiger partial charge in [0.2, 0.25) is 10.1 Å². The number of hydrogen-bond donors (Lipinski definition) is 0. The van der Waals surface area contributed by atoms with Crippen LogP contribution in [-0.4, -0.2) is 28.2 Å². The molecule has 20 heavy (non-hydrogen) atoms. The highest BCUT2D eigenvalue weighted by molar-refractivity contribution is 7.20. The Labute approximate surface area is 122 Å². The first-order chi connectivity index (χ1) is 9.67. The quantitative estimate of drug-likeness (QED) is 0.820. The summed E-state index contributed by atoms with van der Waals surface area (Å²) in [7, 11) is 2.04. The van der Waals surface area contributed by atoms with Crippen LogP contribution >= 0.6 is 11.3 Å². The lowest BCUT2D eigenvalue weighted by Gasteiger charge is -2.13. The lowest BCUT2D eigenvalue weighted by atomic mass is 10.2. The minimum Gasteiger partial charge on any atom is -0.350 e. The molecule has 0 saturated heterocycles. The molecule has 0 aliphatic heterocycles. The van der Waals surface area contributed by atoms with Crippen LogP contribution in [0.2, 0.25) is 0 Å². The molecule has 0 aromatic carbocycles. The minimum absolute atomic E-state index is 0.0726. The van der Waals surface area contributed by atoms with Crippen LogP contribution in [0.3, 0.4) is 0 Å². The zero-order valence-electron chi connectivity index (χ0n) is 12.0. The Kier molecular flexibility index (Phi) is 3.74. The molecule has 1 aliphatic rings. The Bertz CT molecular complexity index is 659. The van der Waals surface area contributed by atoms with Crippen molar-refractivity contribution in [2.24, 2.45) is 5.92 Å². The summed E-state index contributed by atoms with van der Waals surface area (Å²) in [4.78, 5) is 19.4. The van der Waals surface area contributed by atoms with Crippen molar-refractivity contribution in [3.05, 3.63) is 22.1 Å². The van der Waals surface area contributed by atoms with E-state index < -0.39 is 0 Å². The summed E-state index contributed by atoms with van der Waals surface area (Å²) < 4.78 is 1.42. The second-order valence-electron chi connectivity index (χ2n) is 5.57. The number of aryl methyl sites for hydroxylation is 1. The van der Waals surface area contributed by atoms with Crippen LogP contribution in [0, 0.1) is 5.92 Å². The van der Waals surface area contributed by atoms with E-state index >= 15 is 0 Å². The zero-order valence-corrected chi connectivity index (χ0v) is 12.8. The molecule has 0 atom stereocenters. The molecule has 0 amide bonds. The first kappa shape index (κ1) is 13.5. The van der Waals surface area contributed by atoms with Gasteiger partial charge in [-0.1, -0.05) is 37.5 Å². The van der Waals surface area contributed by atoms with Crippen molar-refractivity contribution >= 4 is 21.4 Å². The maximum atomic E-state index is 12.0. The average molecular weight is 292 g/mol. The fraction of sp³-hybridized carbons (Fsp3) is 0.643. The molecule has 0 spiro atoms. The van der Waals surface area contributed by atoms with Crippen LogP contribution in [0.5, 0.6) is 0 Å². The van der Waals surface area contributed by atoms with E-state index in [4.69, 9.17) is 0 Å². The lowest BCUT2D eigenvalue weighted by Crippen LogP contribution is -2.20. The summed E-state index contributed by atoms with van der Waals surface area (Å²) >= 11 is 1.50. The van der Waals surface area contributed by atoms with Gasteiger partial charge in [0.15, 0.2) is 0 Å². The summed E-state index contributed by atoms with van der Waals surface area (Å²) in [6.07, 6.45) is 5.80. The molecule has 1 fully saturated rings. The molecule has 3 rings (SSSR count). The molecule has 2 heterocycles. The van der Waals surface area contributed by atoms with Gasteiger partial charge >= 0.3 is 0 Å². The van der Waals surface area contributed by atoms with Crippen molar-refractivity contribution in [3.63, 3.8) is 0 Å². The van der Waals surface area contributed by atoms with E-state index in [1.807, 2.05) is 7.05 Å². The molecule has 0 radical (unpaired) electrons. The van der Waals surface area contributed by atoms with Gasteiger partial charge in [-0.25, -0.2) is 4.98 Å². The second kappa shape index (κ2) is 5.52. The summed E-state index contributed by atoms with van der Waals surface area (Å²) in [6, 6.07) is 1.60. The Balaban J connectivity index is 1.84. The standard InChI is InChI=1S/C14H20N4OS/c1-3-4-11-9-12(19)18-13(15-11)20-14(16-18)17(2)8-7-10-5-6-10/h9-10H,3-8H2,1-2H3. The molecule has 0 bridgehead atoms. The fourth-order valence-corrected chi connectivity index (χ4v) is 3.18. The van der Waals surface area contributed by atoms with Crippen molar-refractivity contribution in [1.29, 1.82) is 0 Å².